The molecule has 0 unspecified atom stereocenters. The van der Waals surface area contributed by atoms with Gasteiger partial charge in [0.05, 0.1) is 30.9 Å². The second kappa shape index (κ2) is 8.54. The highest BCUT2D eigenvalue weighted by atomic mass is 16.5. The van der Waals surface area contributed by atoms with Crippen molar-refractivity contribution in [1.82, 2.24) is 4.90 Å². The van der Waals surface area contributed by atoms with Crippen LogP contribution in [0.3, 0.4) is 0 Å². The van der Waals surface area contributed by atoms with Crippen LogP contribution in [0.2, 0.25) is 0 Å². The first-order chi connectivity index (χ1) is 14.2. The van der Waals surface area contributed by atoms with Gasteiger partial charge in [-0.3, -0.25) is 9.69 Å². The summed E-state index contributed by atoms with van der Waals surface area (Å²) < 4.78 is 11.6. The first-order valence-corrected chi connectivity index (χ1v) is 10.1. The summed E-state index contributed by atoms with van der Waals surface area (Å²) in [7, 11) is 0. The lowest BCUT2D eigenvalue weighted by molar-refractivity contribution is -0.121. The topological polar surface area (TPSA) is 74.6 Å². The molecule has 2 aromatic carbocycles. The molecule has 1 fully saturated rings. The van der Waals surface area contributed by atoms with Gasteiger partial charge in [0.1, 0.15) is 0 Å². The molecule has 1 N–H and O–H groups in total. The predicted octanol–water partition coefficient (Wildman–Crippen LogP) is 3.88. The van der Waals surface area contributed by atoms with Crippen LogP contribution in [0, 0.1) is 11.3 Å². The monoisotopic (exact) mass is 391 g/mol. The Balaban J connectivity index is 1.48. The summed E-state index contributed by atoms with van der Waals surface area (Å²) in [5.74, 6) is 1.54. The van der Waals surface area contributed by atoms with Crippen LogP contribution in [-0.2, 0) is 4.79 Å². The molecule has 0 saturated carbocycles. The van der Waals surface area contributed by atoms with Gasteiger partial charge in [-0.1, -0.05) is 6.07 Å². The van der Waals surface area contributed by atoms with Crippen LogP contribution < -0.4 is 14.8 Å². The standard InChI is InChI=1S/C23H25N3O3/c1-16(23(27)25-19-8-5-17(15-24)6-9-19)26-11-2-4-20(26)18-7-10-21-22(14-18)29-13-3-12-28-21/h5-10,14,16,20H,2-4,11-13H2,1H3,(H,25,27)/t16-,20-/m1/s1. The SMILES string of the molecule is C[C@H](C(=O)Nc1ccc(C#N)cc1)N1CCC[C@@H]1c1ccc2c(c1)OCCCO2. The number of amides is 1. The molecule has 1 saturated heterocycles. The van der Waals surface area contributed by atoms with Crippen molar-refractivity contribution in [2.24, 2.45) is 0 Å². The third kappa shape index (κ3) is 4.20. The van der Waals surface area contributed by atoms with Gasteiger partial charge in [-0.2, -0.15) is 5.26 Å². The summed E-state index contributed by atoms with van der Waals surface area (Å²) in [4.78, 5) is 15.1. The van der Waals surface area contributed by atoms with Crippen LogP contribution in [0.25, 0.3) is 0 Å². The number of carbonyl (C=O) groups is 1. The zero-order valence-electron chi connectivity index (χ0n) is 16.6. The third-order valence-electron chi connectivity index (χ3n) is 5.61. The maximum absolute atomic E-state index is 12.8. The van der Waals surface area contributed by atoms with Gasteiger partial charge < -0.3 is 14.8 Å². The van der Waals surface area contributed by atoms with Crippen LogP contribution in [-0.4, -0.2) is 36.6 Å². The van der Waals surface area contributed by atoms with Gasteiger partial charge in [-0.25, -0.2) is 0 Å². The Bertz CT molecular complexity index is 920. The summed E-state index contributed by atoms with van der Waals surface area (Å²) in [5.41, 5.74) is 2.43. The molecular formula is C23H25N3O3. The molecule has 2 aromatic rings. The molecule has 0 aliphatic carbocycles. The zero-order chi connectivity index (χ0) is 20.2. The smallest absolute Gasteiger partial charge is 0.241 e. The van der Waals surface area contributed by atoms with Crippen LogP contribution >= 0.6 is 0 Å². The van der Waals surface area contributed by atoms with Gasteiger partial charge in [0, 0.05) is 18.2 Å². The van der Waals surface area contributed by atoms with Gasteiger partial charge in [-0.05, 0) is 68.3 Å². The average Bonchev–Trinajstić information content (AvgIpc) is 3.12. The van der Waals surface area contributed by atoms with E-state index in [9.17, 15) is 4.79 Å². The van der Waals surface area contributed by atoms with E-state index in [0.717, 1.165) is 42.9 Å². The van der Waals surface area contributed by atoms with Crippen molar-refractivity contribution in [1.29, 1.82) is 5.26 Å². The minimum absolute atomic E-state index is 0.0454. The maximum Gasteiger partial charge on any atom is 0.241 e. The Morgan fingerprint density at radius 2 is 1.90 bits per heavy atom. The molecule has 0 aromatic heterocycles. The van der Waals surface area contributed by atoms with Crippen molar-refractivity contribution in [3.8, 4) is 17.6 Å². The summed E-state index contributed by atoms with van der Waals surface area (Å²) in [6.07, 6.45) is 2.94. The molecule has 2 aliphatic rings. The van der Waals surface area contributed by atoms with Crippen molar-refractivity contribution >= 4 is 11.6 Å². The average molecular weight is 391 g/mol. The van der Waals surface area contributed by atoms with Crippen molar-refractivity contribution in [2.75, 3.05) is 25.1 Å². The van der Waals surface area contributed by atoms with E-state index in [1.807, 2.05) is 13.0 Å². The molecule has 4 rings (SSSR count). The zero-order valence-corrected chi connectivity index (χ0v) is 16.6. The van der Waals surface area contributed by atoms with Gasteiger partial charge >= 0.3 is 0 Å². The van der Waals surface area contributed by atoms with E-state index >= 15 is 0 Å². The molecule has 6 heteroatoms. The number of nitrogens with one attached hydrogen (secondary N) is 1. The Morgan fingerprint density at radius 1 is 1.14 bits per heavy atom. The Labute approximate surface area is 171 Å². The van der Waals surface area contributed by atoms with Crippen molar-refractivity contribution in [3.05, 3.63) is 53.6 Å². The lowest BCUT2D eigenvalue weighted by Gasteiger charge is -2.30. The molecule has 0 bridgehead atoms. The lowest BCUT2D eigenvalue weighted by atomic mass is 10.0. The van der Waals surface area contributed by atoms with Crippen LogP contribution in [0.15, 0.2) is 42.5 Å². The largest absolute Gasteiger partial charge is 0.490 e. The third-order valence-corrected chi connectivity index (χ3v) is 5.61. The number of rotatable bonds is 4. The van der Waals surface area contributed by atoms with Crippen molar-refractivity contribution in [2.45, 2.75) is 38.3 Å². The van der Waals surface area contributed by atoms with Crippen LogP contribution in [0.1, 0.15) is 43.4 Å². The number of anilines is 1. The lowest BCUT2D eigenvalue weighted by Crippen LogP contribution is -2.41. The number of benzene rings is 2. The number of hydrogen-bond acceptors (Lipinski definition) is 5. The number of nitrogens with zero attached hydrogens (tertiary/aromatic N) is 2. The van der Waals surface area contributed by atoms with Gasteiger partial charge in [-0.15, -0.1) is 0 Å². The van der Waals surface area contributed by atoms with E-state index in [1.165, 1.54) is 0 Å². The highest BCUT2D eigenvalue weighted by molar-refractivity contribution is 5.94. The highest BCUT2D eigenvalue weighted by Crippen LogP contribution is 2.38. The Kier molecular flexibility index (Phi) is 5.68. The van der Waals surface area contributed by atoms with E-state index in [-0.39, 0.29) is 18.0 Å². The molecule has 2 heterocycles. The van der Waals surface area contributed by atoms with Crippen LogP contribution in [0.4, 0.5) is 5.69 Å². The number of ether oxygens (including phenoxy) is 2. The Morgan fingerprint density at radius 3 is 2.66 bits per heavy atom. The minimum Gasteiger partial charge on any atom is -0.490 e. The van der Waals surface area contributed by atoms with E-state index in [0.29, 0.717) is 24.5 Å². The number of nitriles is 1. The summed E-state index contributed by atoms with van der Waals surface area (Å²) in [5, 5.41) is 11.9. The highest BCUT2D eigenvalue weighted by Gasteiger charge is 2.33. The van der Waals surface area contributed by atoms with Gasteiger partial charge in [0.25, 0.3) is 0 Å². The molecule has 2 aliphatic heterocycles. The number of fused-ring (bicyclic) bond motifs is 1. The molecule has 0 spiro atoms. The molecule has 6 nitrogen and oxygen atoms in total. The predicted molar refractivity (Wildman–Crippen MR) is 110 cm³/mol. The number of hydrogen-bond donors (Lipinski definition) is 1. The molecule has 2 atom stereocenters. The summed E-state index contributed by atoms with van der Waals surface area (Å²) >= 11 is 0. The number of likely N-dealkylation sites (tertiary alicyclic amines) is 1. The molecular weight excluding hydrogens is 366 g/mol. The second-order valence-corrected chi connectivity index (χ2v) is 7.51. The van der Waals surface area contributed by atoms with E-state index in [4.69, 9.17) is 14.7 Å². The summed E-state index contributed by atoms with van der Waals surface area (Å²) in [6.45, 7) is 4.16. The van der Waals surface area contributed by atoms with E-state index < -0.39 is 0 Å². The second-order valence-electron chi connectivity index (χ2n) is 7.51. The van der Waals surface area contributed by atoms with Gasteiger partial charge in [0.2, 0.25) is 5.91 Å². The van der Waals surface area contributed by atoms with E-state index in [1.54, 1.807) is 24.3 Å². The molecule has 29 heavy (non-hydrogen) atoms. The molecule has 0 radical (unpaired) electrons. The fraction of sp³-hybridized carbons (Fsp3) is 0.391. The molecule has 1 amide bonds. The fourth-order valence-corrected chi connectivity index (χ4v) is 4.02. The fourth-order valence-electron chi connectivity index (χ4n) is 4.02. The van der Waals surface area contributed by atoms with Crippen molar-refractivity contribution < 1.29 is 14.3 Å². The van der Waals surface area contributed by atoms with Crippen molar-refractivity contribution in [3.63, 3.8) is 0 Å². The summed E-state index contributed by atoms with van der Waals surface area (Å²) in [6, 6.07) is 15.0. The normalized spacial score (nSPS) is 19.8. The van der Waals surface area contributed by atoms with Crippen LogP contribution in [0.5, 0.6) is 11.5 Å². The maximum atomic E-state index is 12.8. The first kappa shape index (κ1) is 19.3. The van der Waals surface area contributed by atoms with Gasteiger partial charge in [0.15, 0.2) is 11.5 Å². The minimum atomic E-state index is -0.269. The number of carbonyl (C=O) groups excluding carboxylic acids is 1. The quantitative estimate of drug-likeness (QED) is 0.856. The van der Waals surface area contributed by atoms with E-state index in [2.05, 4.69) is 28.4 Å². The molecule has 150 valence electrons. The first-order valence-electron chi connectivity index (χ1n) is 10.1. The Hall–Kier alpha value is -3.04.